The summed E-state index contributed by atoms with van der Waals surface area (Å²) in [6.45, 7) is 2.33. The molecule has 1 aliphatic heterocycles. The van der Waals surface area contributed by atoms with Crippen LogP contribution in [0.1, 0.15) is 27.5 Å². The van der Waals surface area contributed by atoms with E-state index in [4.69, 9.17) is 10.5 Å². The molecule has 0 aliphatic carbocycles. The minimum Gasteiger partial charge on any atom is -0.508 e. The molecule has 4 N–H and O–H groups in total. The number of hydrogen-bond acceptors (Lipinski definition) is 4. The molecule has 2 aromatic carbocycles. The van der Waals surface area contributed by atoms with Gasteiger partial charge in [0.15, 0.2) is 0 Å². The van der Waals surface area contributed by atoms with Crippen LogP contribution in [0.5, 0.6) is 11.5 Å². The number of carbonyl (C=O) groups is 1. The van der Waals surface area contributed by atoms with Crippen molar-refractivity contribution in [2.24, 2.45) is 5.73 Å². The molecule has 0 bridgehead atoms. The number of phenols is 1. The second-order valence-electron chi connectivity index (χ2n) is 5.07. The summed E-state index contributed by atoms with van der Waals surface area (Å²) in [6.07, 6.45) is 0. The molecule has 5 nitrogen and oxygen atoms in total. The minimum atomic E-state index is -0.441. The Kier molecular flexibility index (Phi) is 3.17. The first-order valence-corrected chi connectivity index (χ1v) is 6.68. The van der Waals surface area contributed by atoms with Gasteiger partial charge in [-0.05, 0) is 36.8 Å². The standard InChI is InChI=1S/C16H16N2O3/c1-9-11(16(17)20)3-2-4-13(9)18-14-8-21-15-7-10(19)5-6-12(14)15/h2-7,14,18-19H,8H2,1H3,(H2,17,20). The van der Waals surface area contributed by atoms with Crippen molar-refractivity contribution in [3.8, 4) is 11.5 Å². The van der Waals surface area contributed by atoms with Crippen molar-refractivity contribution in [2.45, 2.75) is 13.0 Å². The summed E-state index contributed by atoms with van der Waals surface area (Å²) in [7, 11) is 0. The van der Waals surface area contributed by atoms with Gasteiger partial charge in [-0.1, -0.05) is 6.07 Å². The van der Waals surface area contributed by atoms with Crippen LogP contribution in [0.25, 0.3) is 0 Å². The van der Waals surface area contributed by atoms with Gasteiger partial charge in [0.2, 0.25) is 5.91 Å². The summed E-state index contributed by atoms with van der Waals surface area (Å²) in [5.74, 6) is 0.418. The molecule has 1 unspecified atom stereocenters. The van der Waals surface area contributed by atoms with Crippen LogP contribution in [0.4, 0.5) is 5.69 Å². The highest BCUT2D eigenvalue weighted by Crippen LogP contribution is 2.37. The van der Waals surface area contributed by atoms with Crippen molar-refractivity contribution >= 4 is 11.6 Å². The van der Waals surface area contributed by atoms with E-state index in [1.807, 2.05) is 19.1 Å². The number of amides is 1. The number of aromatic hydroxyl groups is 1. The molecule has 1 aliphatic rings. The third kappa shape index (κ3) is 2.38. The van der Waals surface area contributed by atoms with Gasteiger partial charge in [0.25, 0.3) is 0 Å². The molecule has 0 saturated heterocycles. The van der Waals surface area contributed by atoms with Gasteiger partial charge < -0.3 is 20.9 Å². The van der Waals surface area contributed by atoms with Crippen molar-refractivity contribution < 1.29 is 14.6 Å². The maximum atomic E-state index is 11.4. The number of hydrogen-bond donors (Lipinski definition) is 3. The van der Waals surface area contributed by atoms with Crippen LogP contribution in [-0.2, 0) is 0 Å². The molecule has 2 aromatic rings. The number of benzene rings is 2. The van der Waals surface area contributed by atoms with Gasteiger partial charge in [0.1, 0.15) is 18.1 Å². The van der Waals surface area contributed by atoms with Crippen molar-refractivity contribution in [1.29, 1.82) is 0 Å². The predicted octanol–water partition coefficient (Wildman–Crippen LogP) is 2.35. The Balaban J connectivity index is 1.90. The van der Waals surface area contributed by atoms with Crippen molar-refractivity contribution in [2.75, 3.05) is 11.9 Å². The maximum absolute atomic E-state index is 11.4. The summed E-state index contributed by atoms with van der Waals surface area (Å²) < 4.78 is 5.57. The van der Waals surface area contributed by atoms with Crippen LogP contribution in [-0.4, -0.2) is 17.6 Å². The van der Waals surface area contributed by atoms with E-state index in [2.05, 4.69) is 5.32 Å². The van der Waals surface area contributed by atoms with Crippen LogP contribution < -0.4 is 15.8 Å². The molecule has 5 heteroatoms. The van der Waals surface area contributed by atoms with Gasteiger partial charge in [-0.25, -0.2) is 0 Å². The minimum absolute atomic E-state index is 0.0255. The van der Waals surface area contributed by atoms with Gasteiger partial charge in [-0.2, -0.15) is 0 Å². The fourth-order valence-electron chi connectivity index (χ4n) is 2.56. The molecule has 0 saturated carbocycles. The van der Waals surface area contributed by atoms with Gasteiger partial charge >= 0.3 is 0 Å². The molecule has 0 spiro atoms. The number of primary amides is 1. The topological polar surface area (TPSA) is 84.6 Å². The van der Waals surface area contributed by atoms with Gasteiger partial charge in [0.05, 0.1) is 6.04 Å². The zero-order valence-electron chi connectivity index (χ0n) is 11.6. The number of anilines is 1. The van der Waals surface area contributed by atoms with E-state index < -0.39 is 5.91 Å². The zero-order chi connectivity index (χ0) is 15.0. The Hall–Kier alpha value is -2.69. The lowest BCUT2D eigenvalue weighted by Crippen LogP contribution is -2.16. The second-order valence-corrected chi connectivity index (χ2v) is 5.07. The Bertz CT molecular complexity index is 713. The summed E-state index contributed by atoms with van der Waals surface area (Å²) >= 11 is 0. The third-order valence-electron chi connectivity index (χ3n) is 3.71. The highest BCUT2D eigenvalue weighted by molar-refractivity contribution is 5.95. The maximum Gasteiger partial charge on any atom is 0.249 e. The lowest BCUT2D eigenvalue weighted by atomic mass is 10.0. The number of rotatable bonds is 3. The SMILES string of the molecule is Cc1c(NC2COc3cc(O)ccc32)cccc1C(N)=O. The Morgan fingerprint density at radius 3 is 2.95 bits per heavy atom. The molecular formula is C16H16N2O3. The zero-order valence-corrected chi connectivity index (χ0v) is 11.6. The molecule has 3 rings (SSSR count). The average Bonchev–Trinajstić information content (AvgIpc) is 2.83. The van der Waals surface area contributed by atoms with E-state index >= 15 is 0 Å². The molecule has 108 valence electrons. The Morgan fingerprint density at radius 2 is 2.19 bits per heavy atom. The molecule has 1 amide bonds. The second kappa shape index (κ2) is 5.01. The van der Waals surface area contributed by atoms with Gasteiger partial charge in [0, 0.05) is 22.9 Å². The quantitative estimate of drug-likeness (QED) is 0.807. The molecule has 1 atom stereocenters. The number of carbonyl (C=O) groups excluding carboxylic acids is 1. The third-order valence-corrected chi connectivity index (χ3v) is 3.71. The first kappa shape index (κ1) is 13.3. The molecule has 0 fully saturated rings. The largest absolute Gasteiger partial charge is 0.508 e. The van der Waals surface area contributed by atoms with E-state index in [1.54, 1.807) is 24.3 Å². The van der Waals surface area contributed by atoms with Crippen LogP contribution in [0, 0.1) is 6.92 Å². The summed E-state index contributed by atoms with van der Waals surface area (Å²) in [6, 6.07) is 10.5. The Morgan fingerprint density at radius 1 is 1.38 bits per heavy atom. The lowest BCUT2D eigenvalue weighted by Gasteiger charge is -2.16. The smallest absolute Gasteiger partial charge is 0.249 e. The van der Waals surface area contributed by atoms with E-state index in [1.165, 1.54) is 0 Å². The fourth-order valence-corrected chi connectivity index (χ4v) is 2.56. The van der Waals surface area contributed by atoms with Gasteiger partial charge in [-0.15, -0.1) is 0 Å². The van der Waals surface area contributed by atoms with E-state index in [-0.39, 0.29) is 11.8 Å². The summed E-state index contributed by atoms with van der Waals surface area (Å²) in [5, 5.41) is 12.8. The number of nitrogens with two attached hydrogens (primary N) is 1. The highest BCUT2D eigenvalue weighted by atomic mass is 16.5. The number of nitrogens with one attached hydrogen (secondary N) is 1. The number of phenolic OH excluding ortho intramolecular Hbond substituents is 1. The fraction of sp³-hybridized carbons (Fsp3) is 0.188. The van der Waals surface area contributed by atoms with Crippen LogP contribution in [0.3, 0.4) is 0 Å². The Labute approximate surface area is 122 Å². The predicted molar refractivity (Wildman–Crippen MR) is 79.7 cm³/mol. The summed E-state index contributed by atoms with van der Waals surface area (Å²) in [4.78, 5) is 11.4. The molecule has 0 radical (unpaired) electrons. The van der Waals surface area contributed by atoms with E-state index in [9.17, 15) is 9.90 Å². The number of ether oxygens (including phenoxy) is 1. The van der Waals surface area contributed by atoms with Crippen LogP contribution in [0.2, 0.25) is 0 Å². The molecule has 21 heavy (non-hydrogen) atoms. The van der Waals surface area contributed by atoms with Crippen molar-refractivity contribution in [3.63, 3.8) is 0 Å². The van der Waals surface area contributed by atoms with E-state index in [0.717, 1.165) is 16.8 Å². The monoisotopic (exact) mass is 284 g/mol. The van der Waals surface area contributed by atoms with Crippen molar-refractivity contribution in [3.05, 3.63) is 53.1 Å². The first-order valence-electron chi connectivity index (χ1n) is 6.68. The molecular weight excluding hydrogens is 268 g/mol. The lowest BCUT2D eigenvalue weighted by molar-refractivity contribution is 0.1000. The molecule has 1 heterocycles. The van der Waals surface area contributed by atoms with E-state index in [0.29, 0.717) is 17.9 Å². The highest BCUT2D eigenvalue weighted by Gasteiger charge is 2.25. The average molecular weight is 284 g/mol. The number of fused-ring (bicyclic) bond motifs is 1. The summed E-state index contributed by atoms with van der Waals surface area (Å²) in [5.41, 5.74) is 8.52. The molecule has 0 aromatic heterocycles. The first-order chi connectivity index (χ1) is 10.1. The normalized spacial score (nSPS) is 16.1. The van der Waals surface area contributed by atoms with Crippen molar-refractivity contribution in [1.82, 2.24) is 0 Å². The van der Waals surface area contributed by atoms with Crippen LogP contribution in [0.15, 0.2) is 36.4 Å². The van der Waals surface area contributed by atoms with Crippen LogP contribution >= 0.6 is 0 Å². The van der Waals surface area contributed by atoms with Gasteiger partial charge in [-0.3, -0.25) is 4.79 Å².